The Balaban J connectivity index is 1.62. The van der Waals surface area contributed by atoms with Gasteiger partial charge in [0.15, 0.2) is 11.5 Å². The maximum Gasteiger partial charge on any atom is 0.224 e. The van der Waals surface area contributed by atoms with E-state index in [2.05, 4.69) is 0 Å². The van der Waals surface area contributed by atoms with E-state index in [9.17, 15) is 9.59 Å². The summed E-state index contributed by atoms with van der Waals surface area (Å²) in [6.07, 6.45) is 5.67. The number of fused-ring (bicyclic) bond motifs is 1. The predicted octanol–water partition coefficient (Wildman–Crippen LogP) is 2.77. The van der Waals surface area contributed by atoms with E-state index in [0.717, 1.165) is 30.6 Å². The predicted molar refractivity (Wildman–Crippen MR) is 103 cm³/mol. The number of carbonyl (C=O) groups excluding carboxylic acids is 2. The van der Waals surface area contributed by atoms with Crippen LogP contribution in [0.15, 0.2) is 12.1 Å². The fourth-order valence-electron chi connectivity index (χ4n) is 4.28. The molecule has 1 aromatic rings. The Morgan fingerprint density at radius 3 is 2.33 bits per heavy atom. The first-order valence-electron chi connectivity index (χ1n) is 9.82. The van der Waals surface area contributed by atoms with Crippen LogP contribution in [0.25, 0.3) is 0 Å². The van der Waals surface area contributed by atoms with E-state index in [1.165, 1.54) is 18.4 Å². The van der Waals surface area contributed by atoms with Crippen molar-refractivity contribution in [3.8, 4) is 11.5 Å². The molecule has 1 saturated carbocycles. The molecule has 3 rings (SSSR count). The van der Waals surface area contributed by atoms with E-state index in [4.69, 9.17) is 9.47 Å². The summed E-state index contributed by atoms with van der Waals surface area (Å²) < 4.78 is 10.8. The third-order valence-electron chi connectivity index (χ3n) is 5.81. The fourth-order valence-corrected chi connectivity index (χ4v) is 4.28. The number of amides is 2. The lowest BCUT2D eigenvalue weighted by Gasteiger charge is -2.32. The zero-order chi connectivity index (χ0) is 19.4. The minimum Gasteiger partial charge on any atom is -0.493 e. The van der Waals surface area contributed by atoms with Crippen LogP contribution in [-0.4, -0.2) is 55.0 Å². The van der Waals surface area contributed by atoms with Crippen molar-refractivity contribution in [2.24, 2.45) is 0 Å². The zero-order valence-electron chi connectivity index (χ0n) is 16.6. The van der Waals surface area contributed by atoms with Crippen LogP contribution in [0.1, 0.15) is 50.2 Å². The Morgan fingerprint density at radius 1 is 1.11 bits per heavy atom. The number of hydrogen-bond donors (Lipinski definition) is 0. The van der Waals surface area contributed by atoms with E-state index in [1.807, 2.05) is 21.9 Å². The van der Waals surface area contributed by atoms with Gasteiger partial charge < -0.3 is 19.3 Å². The van der Waals surface area contributed by atoms with Gasteiger partial charge >= 0.3 is 0 Å². The minimum absolute atomic E-state index is 0.0792. The summed E-state index contributed by atoms with van der Waals surface area (Å²) in [6.45, 7) is 3.41. The van der Waals surface area contributed by atoms with Crippen LogP contribution in [-0.2, 0) is 22.6 Å². The number of benzene rings is 1. The Labute approximate surface area is 161 Å². The summed E-state index contributed by atoms with van der Waals surface area (Å²) in [4.78, 5) is 28.5. The van der Waals surface area contributed by atoms with Crippen LogP contribution in [0.3, 0.4) is 0 Å². The van der Waals surface area contributed by atoms with Crippen LogP contribution in [0.5, 0.6) is 11.5 Å². The van der Waals surface area contributed by atoms with Gasteiger partial charge in [-0.15, -0.1) is 0 Å². The molecule has 148 valence electrons. The number of hydrogen-bond acceptors (Lipinski definition) is 4. The second-order valence-corrected chi connectivity index (χ2v) is 7.44. The fraction of sp³-hybridized carbons (Fsp3) is 0.619. The van der Waals surface area contributed by atoms with Crippen molar-refractivity contribution in [2.75, 3.05) is 27.3 Å². The van der Waals surface area contributed by atoms with Gasteiger partial charge in [0.1, 0.15) is 0 Å². The molecule has 1 heterocycles. The molecule has 0 aromatic heterocycles. The standard InChI is InChI=1S/C21H30N2O4/c1-15(24)23(18-6-4-5-7-18)11-9-21(25)22-10-8-16-12-19(26-2)20(27-3)13-17(16)14-22/h12-13,18H,4-11,14H2,1-3H3. The lowest BCUT2D eigenvalue weighted by Crippen LogP contribution is -2.42. The number of methoxy groups -OCH3 is 2. The molecule has 0 N–H and O–H groups in total. The van der Waals surface area contributed by atoms with E-state index >= 15 is 0 Å². The first kappa shape index (κ1) is 19.5. The SMILES string of the molecule is COc1cc2c(cc1OC)CN(C(=O)CCN(C(C)=O)C1CCCC1)CC2. The molecule has 0 saturated heterocycles. The highest BCUT2D eigenvalue weighted by Gasteiger charge is 2.27. The maximum absolute atomic E-state index is 12.8. The van der Waals surface area contributed by atoms with E-state index in [1.54, 1.807) is 21.1 Å². The highest BCUT2D eigenvalue weighted by molar-refractivity contribution is 5.78. The number of rotatable bonds is 6. The van der Waals surface area contributed by atoms with Crippen molar-refractivity contribution in [3.05, 3.63) is 23.3 Å². The average molecular weight is 374 g/mol. The summed E-state index contributed by atoms with van der Waals surface area (Å²) in [5.41, 5.74) is 2.31. The van der Waals surface area contributed by atoms with Crippen LogP contribution >= 0.6 is 0 Å². The van der Waals surface area contributed by atoms with Gasteiger partial charge in [0.2, 0.25) is 11.8 Å². The monoisotopic (exact) mass is 374 g/mol. The van der Waals surface area contributed by atoms with Crippen molar-refractivity contribution in [3.63, 3.8) is 0 Å². The van der Waals surface area contributed by atoms with Gasteiger partial charge in [-0.25, -0.2) is 0 Å². The van der Waals surface area contributed by atoms with Gasteiger partial charge in [0.25, 0.3) is 0 Å². The molecule has 2 aliphatic rings. The lowest BCUT2D eigenvalue weighted by atomic mass is 9.98. The Morgan fingerprint density at radius 2 is 1.74 bits per heavy atom. The third kappa shape index (κ3) is 4.37. The molecule has 0 atom stereocenters. The van der Waals surface area contributed by atoms with Gasteiger partial charge in [-0.2, -0.15) is 0 Å². The number of carbonyl (C=O) groups is 2. The Bertz CT molecular complexity index is 698. The van der Waals surface area contributed by atoms with Crippen LogP contribution in [0.2, 0.25) is 0 Å². The van der Waals surface area contributed by atoms with E-state index in [-0.39, 0.29) is 11.8 Å². The maximum atomic E-state index is 12.8. The van der Waals surface area contributed by atoms with Gasteiger partial charge in [0.05, 0.1) is 14.2 Å². The molecular weight excluding hydrogens is 344 g/mol. The van der Waals surface area contributed by atoms with Crippen molar-refractivity contribution in [1.82, 2.24) is 9.80 Å². The van der Waals surface area contributed by atoms with E-state index in [0.29, 0.717) is 37.8 Å². The molecule has 2 amide bonds. The molecule has 0 radical (unpaired) electrons. The molecule has 0 unspecified atom stereocenters. The molecule has 27 heavy (non-hydrogen) atoms. The summed E-state index contributed by atoms with van der Waals surface area (Å²) in [7, 11) is 3.25. The summed E-state index contributed by atoms with van der Waals surface area (Å²) in [5.74, 6) is 1.61. The zero-order valence-corrected chi connectivity index (χ0v) is 16.6. The largest absolute Gasteiger partial charge is 0.493 e. The first-order valence-corrected chi connectivity index (χ1v) is 9.82. The van der Waals surface area contributed by atoms with Crippen molar-refractivity contribution in [2.45, 2.75) is 58.0 Å². The molecule has 1 aliphatic heterocycles. The normalized spacial score (nSPS) is 16.8. The quantitative estimate of drug-likeness (QED) is 0.768. The van der Waals surface area contributed by atoms with Gasteiger partial charge in [-0.05, 0) is 42.5 Å². The molecule has 1 aromatic carbocycles. The average Bonchev–Trinajstić information content (AvgIpc) is 3.20. The van der Waals surface area contributed by atoms with Crippen molar-refractivity contribution >= 4 is 11.8 Å². The molecule has 6 heteroatoms. The second kappa shape index (κ2) is 8.63. The molecular formula is C21H30N2O4. The molecule has 6 nitrogen and oxygen atoms in total. The van der Waals surface area contributed by atoms with Gasteiger partial charge in [-0.3, -0.25) is 9.59 Å². The summed E-state index contributed by atoms with van der Waals surface area (Å²) in [6, 6.07) is 4.29. The Hall–Kier alpha value is -2.24. The van der Waals surface area contributed by atoms with Crippen molar-refractivity contribution in [1.29, 1.82) is 0 Å². The highest BCUT2D eigenvalue weighted by atomic mass is 16.5. The van der Waals surface area contributed by atoms with Crippen molar-refractivity contribution < 1.29 is 19.1 Å². The smallest absolute Gasteiger partial charge is 0.224 e. The molecule has 0 spiro atoms. The number of ether oxygens (including phenoxy) is 2. The topological polar surface area (TPSA) is 59.1 Å². The summed E-state index contributed by atoms with van der Waals surface area (Å²) >= 11 is 0. The third-order valence-corrected chi connectivity index (χ3v) is 5.81. The van der Waals surface area contributed by atoms with E-state index < -0.39 is 0 Å². The van der Waals surface area contributed by atoms with Crippen LogP contribution < -0.4 is 9.47 Å². The minimum atomic E-state index is 0.0792. The highest BCUT2D eigenvalue weighted by Crippen LogP contribution is 2.33. The first-order chi connectivity index (χ1) is 13.0. The lowest BCUT2D eigenvalue weighted by molar-refractivity contribution is -0.135. The Kier molecular flexibility index (Phi) is 6.24. The van der Waals surface area contributed by atoms with Crippen LogP contribution in [0.4, 0.5) is 0 Å². The molecule has 0 bridgehead atoms. The summed E-state index contributed by atoms with van der Waals surface area (Å²) in [5, 5.41) is 0. The number of nitrogens with zero attached hydrogens (tertiary/aromatic N) is 2. The van der Waals surface area contributed by atoms with Gasteiger partial charge in [-0.1, -0.05) is 12.8 Å². The van der Waals surface area contributed by atoms with Crippen LogP contribution in [0, 0.1) is 0 Å². The van der Waals surface area contributed by atoms with Gasteiger partial charge in [0, 0.05) is 39.0 Å². The molecule has 1 fully saturated rings. The molecule has 1 aliphatic carbocycles. The second-order valence-electron chi connectivity index (χ2n) is 7.44.